The van der Waals surface area contributed by atoms with Crippen LogP contribution >= 0.6 is 24.8 Å². The first-order valence-electron chi connectivity index (χ1n) is 10.2. The molecule has 0 bridgehead atoms. The molecule has 1 saturated heterocycles. The molecule has 0 aromatic heterocycles. The molecule has 32 heavy (non-hydrogen) atoms. The molecule has 2 aromatic rings. The number of nitrogens with one attached hydrogen (secondary N) is 1. The van der Waals surface area contributed by atoms with Crippen LogP contribution < -0.4 is 16.4 Å². The van der Waals surface area contributed by atoms with Crippen LogP contribution in [0.5, 0.6) is 0 Å². The topological polar surface area (TPSA) is 113 Å². The fourth-order valence-electron chi connectivity index (χ4n) is 5.14. The minimum atomic E-state index is -0.798. The summed E-state index contributed by atoms with van der Waals surface area (Å²) < 4.78 is 0.0730. The number of benzene rings is 2. The van der Waals surface area contributed by atoms with Gasteiger partial charge in [-0.2, -0.15) is 0 Å². The number of carbonyl (C=O) groups excluding carboxylic acids is 2. The molecule has 0 radical (unpaired) electrons. The number of anilines is 1. The van der Waals surface area contributed by atoms with E-state index in [2.05, 4.69) is 0 Å². The van der Waals surface area contributed by atoms with E-state index in [-0.39, 0.29) is 59.4 Å². The predicted molar refractivity (Wildman–Crippen MR) is 130 cm³/mol. The molecule has 4 rings (SSSR count). The summed E-state index contributed by atoms with van der Waals surface area (Å²) >= 11 is 0. The maximum absolute atomic E-state index is 13.7. The van der Waals surface area contributed by atoms with Crippen LogP contribution in [0.3, 0.4) is 0 Å². The van der Waals surface area contributed by atoms with E-state index in [1.54, 1.807) is 12.1 Å². The molecule has 5 N–H and O–H groups in total. The van der Waals surface area contributed by atoms with E-state index in [0.717, 1.165) is 17.7 Å². The molecule has 2 aromatic carbocycles. The van der Waals surface area contributed by atoms with E-state index < -0.39 is 5.54 Å². The second kappa shape index (κ2) is 9.48. The average Bonchev–Trinajstić information content (AvgIpc) is 3.40. The molecule has 1 unspecified atom stereocenters. The second-order valence-corrected chi connectivity index (χ2v) is 8.52. The molecule has 3 atom stereocenters. The summed E-state index contributed by atoms with van der Waals surface area (Å²) in [5.74, 6) is -0.183. The lowest BCUT2D eigenvalue weighted by molar-refractivity contribution is -0.884. The molecular formula is C23H30Cl2N5O2+. The van der Waals surface area contributed by atoms with Crippen molar-refractivity contribution in [1.29, 1.82) is 5.41 Å². The van der Waals surface area contributed by atoms with Gasteiger partial charge in [0.2, 0.25) is 0 Å². The van der Waals surface area contributed by atoms with Crippen LogP contribution in [0.25, 0.3) is 0 Å². The van der Waals surface area contributed by atoms with Crippen LogP contribution in [-0.4, -0.2) is 47.8 Å². The molecule has 2 fully saturated rings. The van der Waals surface area contributed by atoms with Crippen LogP contribution in [0.4, 0.5) is 5.69 Å². The normalized spacial score (nSPS) is 25.0. The van der Waals surface area contributed by atoms with Crippen molar-refractivity contribution in [2.45, 2.75) is 24.9 Å². The number of hydrogen-bond donors (Lipinski definition) is 3. The number of nitrogens with zero attached hydrogens (tertiary/aromatic N) is 2. The number of amidine groups is 1. The van der Waals surface area contributed by atoms with E-state index in [9.17, 15) is 9.59 Å². The molecule has 7 nitrogen and oxygen atoms in total. The number of halogens is 2. The van der Waals surface area contributed by atoms with Gasteiger partial charge in [-0.3, -0.25) is 10.2 Å². The number of nitrogen functional groups attached to an aromatic ring is 1. The molecule has 1 aliphatic carbocycles. The maximum atomic E-state index is 13.7. The Bertz CT molecular complexity index is 1000. The van der Waals surface area contributed by atoms with Gasteiger partial charge in [-0.05, 0) is 12.1 Å². The lowest BCUT2D eigenvalue weighted by atomic mass is 10.0. The van der Waals surface area contributed by atoms with Gasteiger partial charge in [0.25, 0.3) is 5.91 Å². The van der Waals surface area contributed by atoms with Gasteiger partial charge >= 0.3 is 5.91 Å². The zero-order valence-electron chi connectivity index (χ0n) is 18.0. The molecule has 2 amide bonds. The highest BCUT2D eigenvalue weighted by Crippen LogP contribution is 2.60. The average molecular weight is 479 g/mol. The smallest absolute Gasteiger partial charge is 0.334 e. The number of para-hydroxylation sites is 1. The number of nitrogens with two attached hydrogens (primary N) is 2. The Balaban J connectivity index is 0.00000181. The van der Waals surface area contributed by atoms with Gasteiger partial charge in [0.1, 0.15) is 18.9 Å². The van der Waals surface area contributed by atoms with Gasteiger partial charge in [0.15, 0.2) is 5.54 Å². The standard InChI is InChI=1S/C23H27N5O2.2ClH/c1-27(19-5-3-2-4-6-19)14-20(29)28(12-11-18-13-23(18,28)22(26)30)15-16-7-9-17(10-8-16)21(24)25;;/h2-10,18H,11-15H2,1H3,(H4-,24,25,26,30);2*1H/p+1/t18-,23+,28?;;/m1../s1. The predicted octanol–water partition coefficient (Wildman–Crippen LogP) is 2.44. The van der Waals surface area contributed by atoms with Crippen molar-refractivity contribution in [2.75, 3.05) is 25.0 Å². The van der Waals surface area contributed by atoms with Gasteiger partial charge < -0.3 is 16.4 Å². The van der Waals surface area contributed by atoms with Crippen molar-refractivity contribution in [3.8, 4) is 0 Å². The van der Waals surface area contributed by atoms with Gasteiger partial charge in [0, 0.05) is 42.6 Å². The van der Waals surface area contributed by atoms with Crippen molar-refractivity contribution in [3.63, 3.8) is 0 Å². The Hall–Kier alpha value is -2.61. The summed E-state index contributed by atoms with van der Waals surface area (Å²) in [5.41, 5.74) is 13.2. The SMILES string of the molecule is CN(CC(=O)[N+]1(Cc2ccc(C(=N)N)cc2)CC[C@@H]2C[C@@]21C(N)=O)c1ccccc1.Cl.Cl. The molecule has 2 aliphatic rings. The first-order chi connectivity index (χ1) is 14.3. The Morgan fingerprint density at radius 2 is 1.72 bits per heavy atom. The van der Waals surface area contributed by atoms with Crippen LogP contribution in [0, 0.1) is 11.3 Å². The zero-order chi connectivity index (χ0) is 21.5. The van der Waals surface area contributed by atoms with E-state index >= 15 is 0 Å². The molecular weight excluding hydrogens is 449 g/mol. The Labute approximate surface area is 200 Å². The van der Waals surface area contributed by atoms with Crippen molar-refractivity contribution >= 4 is 48.2 Å². The summed E-state index contributed by atoms with van der Waals surface area (Å²) in [7, 11) is 1.89. The first kappa shape index (κ1) is 25.6. The highest BCUT2D eigenvalue weighted by Gasteiger charge is 2.78. The number of amides is 2. The number of likely N-dealkylation sites (N-methyl/N-ethyl adjacent to an activating group) is 1. The number of likely N-dealkylation sites (tertiary alicyclic amines) is 1. The third-order valence-electron chi connectivity index (χ3n) is 6.89. The fraction of sp³-hybridized carbons (Fsp3) is 0.348. The number of hydrogen-bond acceptors (Lipinski definition) is 4. The van der Waals surface area contributed by atoms with Crippen molar-refractivity contribution in [2.24, 2.45) is 17.4 Å². The highest BCUT2D eigenvalue weighted by molar-refractivity contribution is 5.95. The summed E-state index contributed by atoms with van der Waals surface area (Å²) in [6.45, 7) is 1.24. The van der Waals surface area contributed by atoms with Crippen molar-refractivity contribution in [1.82, 2.24) is 0 Å². The number of quaternary nitrogens is 1. The zero-order valence-corrected chi connectivity index (χ0v) is 19.6. The van der Waals surface area contributed by atoms with Crippen molar-refractivity contribution < 1.29 is 14.1 Å². The number of fused-ring (bicyclic) bond motifs is 1. The third-order valence-corrected chi connectivity index (χ3v) is 6.89. The third kappa shape index (κ3) is 4.08. The highest BCUT2D eigenvalue weighted by atomic mass is 35.5. The van der Waals surface area contributed by atoms with E-state index in [1.165, 1.54) is 0 Å². The minimum Gasteiger partial charge on any atom is -0.384 e. The molecule has 9 heteroatoms. The number of piperidine rings is 1. The quantitative estimate of drug-likeness (QED) is 0.322. The van der Waals surface area contributed by atoms with Gasteiger partial charge in [-0.15, -0.1) is 24.8 Å². The minimum absolute atomic E-state index is 0. The number of primary amides is 1. The Morgan fingerprint density at radius 3 is 2.25 bits per heavy atom. The summed E-state index contributed by atoms with van der Waals surface area (Å²) in [6, 6.07) is 17.1. The molecule has 0 spiro atoms. The number of rotatable bonds is 7. The van der Waals surface area contributed by atoms with E-state index in [4.69, 9.17) is 16.9 Å². The maximum Gasteiger partial charge on any atom is 0.334 e. The van der Waals surface area contributed by atoms with Crippen LogP contribution in [0.2, 0.25) is 0 Å². The lowest BCUT2D eigenvalue weighted by Crippen LogP contribution is -2.65. The largest absolute Gasteiger partial charge is 0.384 e. The molecule has 1 heterocycles. The fourth-order valence-corrected chi connectivity index (χ4v) is 5.14. The Kier molecular flexibility index (Phi) is 7.60. The van der Waals surface area contributed by atoms with Crippen LogP contribution in [0.15, 0.2) is 54.6 Å². The summed E-state index contributed by atoms with van der Waals surface area (Å²) in [6.07, 6.45) is 1.50. The Morgan fingerprint density at radius 1 is 1.09 bits per heavy atom. The second-order valence-electron chi connectivity index (χ2n) is 8.52. The van der Waals surface area contributed by atoms with Crippen LogP contribution in [-0.2, 0) is 16.1 Å². The van der Waals surface area contributed by atoms with E-state index in [1.807, 2.05) is 54.4 Å². The van der Waals surface area contributed by atoms with Gasteiger partial charge in [-0.25, -0.2) is 9.28 Å². The first-order valence-corrected chi connectivity index (χ1v) is 10.2. The molecule has 1 aliphatic heterocycles. The molecule has 172 valence electrons. The van der Waals surface area contributed by atoms with Gasteiger partial charge in [-0.1, -0.05) is 42.5 Å². The van der Waals surface area contributed by atoms with Gasteiger partial charge in [0.05, 0.1) is 6.54 Å². The molecule has 1 saturated carbocycles. The monoisotopic (exact) mass is 478 g/mol. The summed E-state index contributed by atoms with van der Waals surface area (Å²) in [5, 5.41) is 7.57. The lowest BCUT2D eigenvalue weighted by Gasteiger charge is -2.40. The number of carbonyl (C=O) groups is 2. The van der Waals surface area contributed by atoms with E-state index in [0.29, 0.717) is 25.1 Å². The van der Waals surface area contributed by atoms with Crippen molar-refractivity contribution in [3.05, 3.63) is 65.7 Å². The van der Waals surface area contributed by atoms with Crippen LogP contribution in [0.1, 0.15) is 24.0 Å². The summed E-state index contributed by atoms with van der Waals surface area (Å²) in [4.78, 5) is 28.2.